The van der Waals surface area contributed by atoms with Crippen LogP contribution in [0.15, 0.2) is 23.5 Å². The zero-order chi connectivity index (χ0) is 20.2. The van der Waals surface area contributed by atoms with Crippen LogP contribution in [-0.4, -0.2) is 86.4 Å². The highest BCUT2D eigenvalue weighted by molar-refractivity contribution is 5.79. The molecule has 0 amide bonds. The molecule has 1 aromatic heterocycles. The van der Waals surface area contributed by atoms with Crippen molar-refractivity contribution in [3.05, 3.63) is 18.5 Å². The standard InChI is InChI=1S/C21H37N7O/c1-2-22-20(24-11-5-17-29-18-19-6-7-19)23-10-4-12-27-13-15-28(16-14-27)21-25-8-3-9-26-21/h3,8-9,19H,2,4-7,10-18H2,1H3,(H2,22,23,24). The van der Waals surface area contributed by atoms with Gasteiger partial charge in [-0.2, -0.15) is 0 Å². The Morgan fingerprint density at radius 2 is 1.93 bits per heavy atom. The molecule has 1 saturated carbocycles. The molecule has 2 N–H and O–H groups in total. The Bertz CT molecular complexity index is 586. The van der Waals surface area contributed by atoms with Crippen molar-refractivity contribution in [1.29, 1.82) is 0 Å². The van der Waals surface area contributed by atoms with Gasteiger partial charge in [-0.25, -0.2) is 9.97 Å². The monoisotopic (exact) mass is 403 g/mol. The van der Waals surface area contributed by atoms with Crippen LogP contribution in [0.4, 0.5) is 5.95 Å². The van der Waals surface area contributed by atoms with Gasteiger partial charge >= 0.3 is 0 Å². The molecule has 1 aromatic rings. The van der Waals surface area contributed by atoms with Crippen LogP contribution < -0.4 is 15.5 Å². The number of nitrogens with one attached hydrogen (secondary N) is 2. The van der Waals surface area contributed by atoms with Crippen molar-refractivity contribution in [2.75, 3.05) is 70.5 Å². The Morgan fingerprint density at radius 3 is 2.66 bits per heavy atom. The van der Waals surface area contributed by atoms with E-state index < -0.39 is 0 Å². The average Bonchev–Trinajstić information content (AvgIpc) is 3.59. The van der Waals surface area contributed by atoms with E-state index in [0.717, 1.165) is 96.2 Å². The van der Waals surface area contributed by atoms with Crippen LogP contribution in [0, 0.1) is 5.92 Å². The lowest BCUT2D eigenvalue weighted by molar-refractivity contribution is 0.123. The van der Waals surface area contributed by atoms with Crippen LogP contribution in [0.1, 0.15) is 32.6 Å². The van der Waals surface area contributed by atoms with Gasteiger partial charge < -0.3 is 20.3 Å². The van der Waals surface area contributed by atoms with E-state index in [9.17, 15) is 0 Å². The van der Waals surface area contributed by atoms with E-state index in [1.54, 1.807) is 0 Å². The Balaban J connectivity index is 1.24. The second-order valence-corrected chi connectivity index (χ2v) is 7.79. The van der Waals surface area contributed by atoms with Gasteiger partial charge in [0.1, 0.15) is 0 Å². The predicted octanol–water partition coefficient (Wildman–Crippen LogP) is 1.36. The van der Waals surface area contributed by atoms with Gasteiger partial charge in [0.05, 0.1) is 0 Å². The fourth-order valence-electron chi connectivity index (χ4n) is 3.37. The van der Waals surface area contributed by atoms with Crippen LogP contribution >= 0.6 is 0 Å². The number of hydrogen-bond donors (Lipinski definition) is 2. The van der Waals surface area contributed by atoms with Crippen LogP contribution in [0.25, 0.3) is 0 Å². The molecule has 1 aliphatic heterocycles. The van der Waals surface area contributed by atoms with E-state index in [0.29, 0.717) is 0 Å². The lowest BCUT2D eigenvalue weighted by Crippen LogP contribution is -2.47. The molecule has 2 fully saturated rings. The van der Waals surface area contributed by atoms with E-state index >= 15 is 0 Å². The molecule has 1 aliphatic carbocycles. The molecule has 2 heterocycles. The van der Waals surface area contributed by atoms with Crippen molar-refractivity contribution in [1.82, 2.24) is 25.5 Å². The highest BCUT2D eigenvalue weighted by Gasteiger charge is 2.21. The maximum absolute atomic E-state index is 5.67. The van der Waals surface area contributed by atoms with Gasteiger partial charge in [0, 0.05) is 71.4 Å². The maximum atomic E-state index is 5.67. The Kier molecular flexibility index (Phi) is 9.45. The minimum absolute atomic E-state index is 0.809. The summed E-state index contributed by atoms with van der Waals surface area (Å²) in [6, 6.07) is 1.86. The van der Waals surface area contributed by atoms with Crippen LogP contribution in [-0.2, 0) is 4.74 Å². The van der Waals surface area contributed by atoms with Crippen LogP contribution in [0.2, 0.25) is 0 Å². The second-order valence-electron chi connectivity index (χ2n) is 7.79. The molecule has 1 saturated heterocycles. The maximum Gasteiger partial charge on any atom is 0.225 e. The van der Waals surface area contributed by atoms with Crippen molar-refractivity contribution < 1.29 is 4.74 Å². The first kappa shape index (κ1) is 21.8. The first-order chi connectivity index (χ1) is 14.3. The smallest absolute Gasteiger partial charge is 0.225 e. The minimum atomic E-state index is 0.809. The van der Waals surface area contributed by atoms with E-state index in [1.807, 2.05) is 18.5 Å². The van der Waals surface area contributed by atoms with Crippen molar-refractivity contribution in [3.63, 3.8) is 0 Å². The summed E-state index contributed by atoms with van der Waals surface area (Å²) < 4.78 is 5.67. The van der Waals surface area contributed by atoms with Crippen molar-refractivity contribution in [2.45, 2.75) is 32.6 Å². The zero-order valence-corrected chi connectivity index (χ0v) is 17.9. The number of aliphatic imine (C=N–C) groups is 1. The summed E-state index contributed by atoms with van der Waals surface area (Å²) in [5.41, 5.74) is 0. The summed E-state index contributed by atoms with van der Waals surface area (Å²) in [4.78, 5) is 18.1. The number of nitrogens with zero attached hydrogens (tertiary/aromatic N) is 5. The molecule has 0 aromatic carbocycles. The summed E-state index contributed by atoms with van der Waals surface area (Å²) in [6.07, 6.45) is 8.42. The summed E-state index contributed by atoms with van der Waals surface area (Å²) in [5.74, 6) is 2.60. The first-order valence-corrected chi connectivity index (χ1v) is 11.2. The molecule has 2 aliphatic rings. The largest absolute Gasteiger partial charge is 0.381 e. The topological polar surface area (TPSA) is 77.9 Å². The summed E-state index contributed by atoms with van der Waals surface area (Å²) in [5, 5.41) is 6.78. The third-order valence-corrected chi connectivity index (χ3v) is 5.26. The quantitative estimate of drug-likeness (QED) is 0.310. The number of guanidine groups is 1. The van der Waals surface area contributed by atoms with Gasteiger partial charge in [-0.1, -0.05) is 0 Å². The molecule has 0 spiro atoms. The molecule has 8 nitrogen and oxygen atoms in total. The highest BCUT2D eigenvalue weighted by atomic mass is 16.5. The van der Waals surface area contributed by atoms with Gasteiger partial charge in [-0.3, -0.25) is 9.89 Å². The zero-order valence-electron chi connectivity index (χ0n) is 17.9. The number of rotatable bonds is 12. The number of ether oxygens (including phenoxy) is 1. The molecule has 162 valence electrons. The van der Waals surface area contributed by atoms with Crippen molar-refractivity contribution >= 4 is 11.9 Å². The number of hydrogen-bond acceptors (Lipinski definition) is 6. The van der Waals surface area contributed by atoms with E-state index in [1.165, 1.54) is 12.8 Å². The third-order valence-electron chi connectivity index (χ3n) is 5.26. The van der Waals surface area contributed by atoms with Gasteiger partial charge in [-0.15, -0.1) is 0 Å². The van der Waals surface area contributed by atoms with Gasteiger partial charge in [0.15, 0.2) is 5.96 Å². The van der Waals surface area contributed by atoms with E-state index in [4.69, 9.17) is 4.74 Å². The van der Waals surface area contributed by atoms with E-state index in [2.05, 4.69) is 42.3 Å². The first-order valence-electron chi connectivity index (χ1n) is 11.2. The number of anilines is 1. The Labute approximate surface area is 175 Å². The van der Waals surface area contributed by atoms with Crippen molar-refractivity contribution in [2.24, 2.45) is 10.9 Å². The molecule has 0 unspecified atom stereocenters. The van der Waals surface area contributed by atoms with Crippen LogP contribution in [0.3, 0.4) is 0 Å². The summed E-state index contributed by atoms with van der Waals surface area (Å²) in [7, 11) is 0. The lowest BCUT2D eigenvalue weighted by atomic mass is 10.3. The molecular weight excluding hydrogens is 366 g/mol. The molecule has 0 atom stereocenters. The molecule has 3 rings (SSSR count). The normalized spacial score (nSPS) is 18.1. The second kappa shape index (κ2) is 12.6. The Morgan fingerprint density at radius 1 is 1.14 bits per heavy atom. The van der Waals surface area contributed by atoms with Crippen molar-refractivity contribution in [3.8, 4) is 0 Å². The molecule has 0 radical (unpaired) electrons. The SMILES string of the molecule is CCNC(=NCCCOCC1CC1)NCCCN1CCN(c2ncccn2)CC1. The van der Waals surface area contributed by atoms with Gasteiger partial charge in [-0.05, 0) is 51.1 Å². The van der Waals surface area contributed by atoms with Crippen LogP contribution in [0.5, 0.6) is 0 Å². The molecule has 0 bridgehead atoms. The minimum Gasteiger partial charge on any atom is -0.381 e. The highest BCUT2D eigenvalue weighted by Crippen LogP contribution is 2.28. The molecule has 29 heavy (non-hydrogen) atoms. The number of aromatic nitrogens is 2. The Hall–Kier alpha value is -1.93. The van der Waals surface area contributed by atoms with E-state index in [-0.39, 0.29) is 0 Å². The lowest BCUT2D eigenvalue weighted by Gasteiger charge is -2.34. The van der Waals surface area contributed by atoms with Gasteiger partial charge in [0.25, 0.3) is 0 Å². The van der Waals surface area contributed by atoms with Gasteiger partial charge in [0.2, 0.25) is 5.95 Å². The predicted molar refractivity (Wildman–Crippen MR) is 117 cm³/mol. The molecule has 8 heteroatoms. The summed E-state index contributed by atoms with van der Waals surface area (Å²) in [6.45, 7) is 11.7. The fourth-order valence-corrected chi connectivity index (χ4v) is 3.37. The summed E-state index contributed by atoms with van der Waals surface area (Å²) >= 11 is 0. The average molecular weight is 404 g/mol. The third kappa shape index (κ3) is 8.53. The fraction of sp³-hybridized carbons (Fsp3) is 0.762. The molecular formula is C21H37N7O. The number of piperazine rings is 1.